The zero-order valence-electron chi connectivity index (χ0n) is 9.22. The van der Waals surface area contributed by atoms with E-state index in [0.29, 0.717) is 12.2 Å². The molecule has 0 aromatic rings. The Bertz CT molecular complexity index is 187. The van der Waals surface area contributed by atoms with Crippen molar-refractivity contribution in [3.63, 3.8) is 0 Å². The quantitative estimate of drug-likeness (QED) is 0.360. The normalized spacial score (nSPS) is 10.3. The predicted octanol–water partition coefficient (Wildman–Crippen LogP) is 0.651. The molecule has 0 saturated carbocycles. The van der Waals surface area contributed by atoms with Crippen LogP contribution in [0.3, 0.4) is 0 Å². The van der Waals surface area contributed by atoms with Crippen LogP contribution in [0.15, 0.2) is 12.2 Å². The predicted molar refractivity (Wildman–Crippen MR) is 56.9 cm³/mol. The molecule has 4 heteroatoms. The maximum absolute atomic E-state index is 11.1. The minimum Gasteiger partial charge on any atom is -0.459 e. The Morgan fingerprint density at radius 1 is 1.36 bits per heavy atom. The van der Waals surface area contributed by atoms with Crippen molar-refractivity contribution in [2.24, 2.45) is 0 Å². The maximum atomic E-state index is 11.1. The SMILES string of the molecule is C=C(C)C(=O)OCC(NCC)NCC. The molecule has 0 rings (SSSR count). The van der Waals surface area contributed by atoms with Gasteiger partial charge in [0.1, 0.15) is 6.61 Å². The molecule has 0 atom stereocenters. The molecule has 0 saturated heterocycles. The zero-order valence-corrected chi connectivity index (χ0v) is 9.22. The van der Waals surface area contributed by atoms with Gasteiger partial charge in [0, 0.05) is 5.57 Å². The molecule has 0 heterocycles. The first kappa shape index (κ1) is 13.1. The summed E-state index contributed by atoms with van der Waals surface area (Å²) in [5.41, 5.74) is 0.428. The van der Waals surface area contributed by atoms with Gasteiger partial charge in [0.25, 0.3) is 0 Å². The monoisotopic (exact) mass is 200 g/mol. The average Bonchev–Trinajstić information content (AvgIpc) is 2.14. The number of ether oxygens (including phenoxy) is 1. The molecule has 0 unspecified atom stereocenters. The van der Waals surface area contributed by atoms with Gasteiger partial charge in [-0.05, 0) is 20.0 Å². The van der Waals surface area contributed by atoms with Crippen LogP contribution in [0.2, 0.25) is 0 Å². The first-order valence-corrected chi connectivity index (χ1v) is 4.91. The van der Waals surface area contributed by atoms with Crippen LogP contribution in [0.4, 0.5) is 0 Å². The number of esters is 1. The lowest BCUT2D eigenvalue weighted by molar-refractivity contribution is -0.139. The first-order chi connectivity index (χ1) is 6.61. The fraction of sp³-hybridized carbons (Fsp3) is 0.700. The van der Waals surface area contributed by atoms with Gasteiger partial charge in [0.15, 0.2) is 0 Å². The smallest absolute Gasteiger partial charge is 0.333 e. The lowest BCUT2D eigenvalue weighted by Crippen LogP contribution is -2.46. The van der Waals surface area contributed by atoms with E-state index in [0.717, 1.165) is 13.1 Å². The highest BCUT2D eigenvalue weighted by Crippen LogP contribution is 1.92. The topological polar surface area (TPSA) is 50.4 Å². The molecule has 0 amide bonds. The highest BCUT2D eigenvalue weighted by Gasteiger charge is 2.09. The van der Waals surface area contributed by atoms with Crippen LogP contribution in [0.25, 0.3) is 0 Å². The molecule has 0 aliphatic heterocycles. The first-order valence-electron chi connectivity index (χ1n) is 4.91. The van der Waals surface area contributed by atoms with Crippen LogP contribution in [0.5, 0.6) is 0 Å². The fourth-order valence-corrected chi connectivity index (χ4v) is 0.965. The number of likely N-dealkylation sites (N-methyl/N-ethyl adjacent to an activating group) is 2. The highest BCUT2D eigenvalue weighted by molar-refractivity contribution is 5.86. The van der Waals surface area contributed by atoms with Crippen molar-refractivity contribution in [2.45, 2.75) is 26.9 Å². The summed E-state index contributed by atoms with van der Waals surface area (Å²) in [5.74, 6) is -0.342. The minimum absolute atomic E-state index is 0.0216. The summed E-state index contributed by atoms with van der Waals surface area (Å²) in [6, 6.07) is 0. The third-order valence-electron chi connectivity index (χ3n) is 1.63. The van der Waals surface area contributed by atoms with Gasteiger partial charge in [-0.2, -0.15) is 0 Å². The number of rotatable bonds is 7. The van der Waals surface area contributed by atoms with Crippen molar-refractivity contribution in [3.05, 3.63) is 12.2 Å². The summed E-state index contributed by atoms with van der Waals surface area (Å²) in [4.78, 5) is 11.1. The van der Waals surface area contributed by atoms with Crippen molar-refractivity contribution in [2.75, 3.05) is 19.7 Å². The molecule has 0 aromatic heterocycles. The molecule has 82 valence electrons. The Balaban J connectivity index is 3.80. The zero-order chi connectivity index (χ0) is 11.0. The molecule has 0 aromatic carbocycles. The summed E-state index contributed by atoms with van der Waals surface area (Å²) in [6.07, 6.45) is 0.0216. The number of hydrogen-bond acceptors (Lipinski definition) is 4. The number of carbonyl (C=O) groups excluding carboxylic acids is 1. The Hall–Kier alpha value is -0.870. The van der Waals surface area contributed by atoms with Crippen LogP contribution in [-0.2, 0) is 9.53 Å². The number of hydrogen-bond donors (Lipinski definition) is 2. The van der Waals surface area contributed by atoms with Crippen molar-refractivity contribution < 1.29 is 9.53 Å². The van der Waals surface area contributed by atoms with Gasteiger partial charge in [-0.1, -0.05) is 20.4 Å². The molecule has 4 nitrogen and oxygen atoms in total. The van der Waals surface area contributed by atoms with Crippen molar-refractivity contribution in [1.29, 1.82) is 0 Å². The molecule has 0 aliphatic carbocycles. The Morgan fingerprint density at radius 3 is 2.21 bits per heavy atom. The van der Waals surface area contributed by atoms with Crippen molar-refractivity contribution >= 4 is 5.97 Å². The van der Waals surface area contributed by atoms with E-state index in [2.05, 4.69) is 17.2 Å². The van der Waals surface area contributed by atoms with E-state index >= 15 is 0 Å². The van der Waals surface area contributed by atoms with E-state index < -0.39 is 0 Å². The molecular formula is C10H20N2O2. The Kier molecular flexibility index (Phi) is 7.06. The second kappa shape index (κ2) is 7.53. The van der Waals surface area contributed by atoms with E-state index in [1.165, 1.54) is 0 Å². The average molecular weight is 200 g/mol. The fourth-order valence-electron chi connectivity index (χ4n) is 0.965. The van der Waals surface area contributed by atoms with Gasteiger partial charge in [-0.15, -0.1) is 0 Å². The molecule has 14 heavy (non-hydrogen) atoms. The van der Waals surface area contributed by atoms with E-state index in [1.807, 2.05) is 13.8 Å². The van der Waals surface area contributed by atoms with E-state index in [-0.39, 0.29) is 12.1 Å². The third-order valence-corrected chi connectivity index (χ3v) is 1.63. The van der Waals surface area contributed by atoms with Gasteiger partial charge in [-0.3, -0.25) is 10.6 Å². The molecular weight excluding hydrogens is 180 g/mol. The molecule has 0 fully saturated rings. The summed E-state index contributed by atoms with van der Waals surface area (Å²) in [5, 5.41) is 6.32. The third kappa shape index (κ3) is 5.72. The van der Waals surface area contributed by atoms with Crippen LogP contribution >= 0.6 is 0 Å². The summed E-state index contributed by atoms with van der Waals surface area (Å²) in [6.45, 7) is 11.2. The summed E-state index contributed by atoms with van der Waals surface area (Å²) >= 11 is 0. The number of carbonyl (C=O) groups is 1. The van der Waals surface area contributed by atoms with Crippen molar-refractivity contribution in [3.8, 4) is 0 Å². The second-order valence-corrected chi connectivity index (χ2v) is 3.05. The molecule has 0 radical (unpaired) electrons. The number of nitrogens with one attached hydrogen (secondary N) is 2. The van der Waals surface area contributed by atoms with E-state index in [4.69, 9.17) is 4.74 Å². The maximum Gasteiger partial charge on any atom is 0.333 e. The lowest BCUT2D eigenvalue weighted by atomic mass is 10.4. The van der Waals surface area contributed by atoms with Gasteiger partial charge in [-0.25, -0.2) is 4.79 Å². The lowest BCUT2D eigenvalue weighted by Gasteiger charge is -2.18. The molecule has 0 spiro atoms. The van der Waals surface area contributed by atoms with Crippen LogP contribution in [0.1, 0.15) is 20.8 Å². The standard InChI is InChI=1S/C10H20N2O2/c1-5-11-9(12-6-2)7-14-10(13)8(3)4/h9,11-12H,3,5-7H2,1-2,4H3. The van der Waals surface area contributed by atoms with Gasteiger partial charge in [0.2, 0.25) is 0 Å². The largest absolute Gasteiger partial charge is 0.459 e. The van der Waals surface area contributed by atoms with Gasteiger partial charge >= 0.3 is 5.97 Å². The second-order valence-electron chi connectivity index (χ2n) is 3.05. The van der Waals surface area contributed by atoms with Crippen LogP contribution in [-0.4, -0.2) is 31.8 Å². The van der Waals surface area contributed by atoms with Crippen LogP contribution < -0.4 is 10.6 Å². The van der Waals surface area contributed by atoms with Crippen LogP contribution in [0, 0.1) is 0 Å². The minimum atomic E-state index is -0.342. The Labute approximate surface area is 85.7 Å². The molecule has 0 aliphatic rings. The summed E-state index contributed by atoms with van der Waals surface area (Å²) < 4.78 is 5.01. The van der Waals surface area contributed by atoms with Crippen molar-refractivity contribution in [1.82, 2.24) is 10.6 Å². The Morgan fingerprint density at radius 2 is 1.86 bits per heavy atom. The summed E-state index contributed by atoms with van der Waals surface area (Å²) in [7, 11) is 0. The van der Waals surface area contributed by atoms with E-state index in [1.54, 1.807) is 6.92 Å². The molecule has 0 bridgehead atoms. The van der Waals surface area contributed by atoms with Gasteiger partial charge < -0.3 is 4.74 Å². The molecule has 2 N–H and O–H groups in total. The van der Waals surface area contributed by atoms with Gasteiger partial charge in [0.05, 0.1) is 6.17 Å². The van der Waals surface area contributed by atoms with E-state index in [9.17, 15) is 4.79 Å². The highest BCUT2D eigenvalue weighted by atomic mass is 16.5.